The molecule has 0 aromatic rings. The maximum Gasteiger partial charge on any atom is 0.303 e. The highest BCUT2D eigenvalue weighted by molar-refractivity contribution is 6.44. The van der Waals surface area contributed by atoms with Gasteiger partial charge in [0.05, 0.1) is 0 Å². The van der Waals surface area contributed by atoms with Crippen molar-refractivity contribution in [3.63, 3.8) is 0 Å². The number of rotatable bonds is 6. The second-order valence-electron chi connectivity index (χ2n) is 3.03. The molecule has 0 aromatic heterocycles. The first-order chi connectivity index (χ1) is 6.54. The maximum atomic E-state index is 9.60. The zero-order chi connectivity index (χ0) is 11.4. The van der Waals surface area contributed by atoms with Crippen LogP contribution in [0.3, 0.4) is 0 Å². The predicted octanol–water partition coefficient (Wildman–Crippen LogP) is 4.24. The Morgan fingerprint density at radius 1 is 1.21 bits per heavy atom. The highest BCUT2D eigenvalue weighted by Gasteiger charge is 1.95. The molecule has 0 rings (SSSR count). The molecule has 0 heterocycles. The summed E-state index contributed by atoms with van der Waals surface area (Å²) in [6, 6.07) is 0. The van der Waals surface area contributed by atoms with Gasteiger partial charge in [-0.2, -0.15) is 0 Å². The van der Waals surface area contributed by atoms with Gasteiger partial charge in [0.2, 0.25) is 0 Å². The first-order valence-corrected chi connectivity index (χ1v) is 5.91. The summed E-state index contributed by atoms with van der Waals surface area (Å²) >= 11 is 11.0. The average molecular weight is 243 g/mol. The van der Waals surface area contributed by atoms with Crippen molar-refractivity contribution in [1.29, 1.82) is 0 Å². The summed E-state index contributed by atoms with van der Waals surface area (Å²) in [5.41, 5.74) is 0. The third kappa shape index (κ3) is 22.7. The molecule has 0 saturated carbocycles. The molecule has 4 heteroatoms. The van der Waals surface area contributed by atoms with Crippen LogP contribution < -0.4 is 0 Å². The average Bonchev–Trinajstić information content (AvgIpc) is 2.05. The van der Waals surface area contributed by atoms with Crippen molar-refractivity contribution in [2.45, 2.75) is 57.2 Å². The Hall–Kier alpha value is 0.0500. The summed E-state index contributed by atoms with van der Waals surface area (Å²) in [6.45, 7) is 4.01. The van der Waals surface area contributed by atoms with E-state index in [1.165, 1.54) is 12.8 Å². The molecule has 0 atom stereocenters. The van der Waals surface area contributed by atoms with Crippen molar-refractivity contribution >= 4 is 29.2 Å². The van der Waals surface area contributed by atoms with Gasteiger partial charge in [-0.05, 0) is 12.8 Å². The first-order valence-electron chi connectivity index (χ1n) is 5.04. The van der Waals surface area contributed by atoms with E-state index in [1.54, 1.807) is 0 Å². The molecule has 0 saturated heterocycles. The number of unbranched alkanes of at least 4 members (excludes halogenated alkanes) is 2. The molecule has 86 valence electrons. The van der Waals surface area contributed by atoms with Crippen LogP contribution in [0.4, 0.5) is 0 Å². The number of carboxylic acid groups (broad SMARTS) is 1. The lowest BCUT2D eigenvalue weighted by Crippen LogP contribution is -1.90. The molecule has 1 N–H and O–H groups in total. The van der Waals surface area contributed by atoms with Crippen LogP contribution >= 0.6 is 23.2 Å². The van der Waals surface area contributed by atoms with E-state index in [2.05, 4.69) is 6.92 Å². The lowest BCUT2D eigenvalue weighted by Gasteiger charge is -1.96. The van der Waals surface area contributed by atoms with Crippen molar-refractivity contribution in [3.05, 3.63) is 0 Å². The van der Waals surface area contributed by atoms with Crippen molar-refractivity contribution in [2.75, 3.05) is 0 Å². The third-order valence-corrected chi connectivity index (χ3v) is 1.93. The molecule has 0 radical (unpaired) electrons. The number of carbonyl (C=O) groups is 1. The second-order valence-corrected chi connectivity index (χ2v) is 4.31. The van der Waals surface area contributed by atoms with Gasteiger partial charge in [0.1, 0.15) is 4.84 Å². The summed E-state index contributed by atoms with van der Waals surface area (Å²) in [4.78, 5) is 9.45. The topological polar surface area (TPSA) is 37.3 Å². The standard InChI is InChI=1S/C6H12Cl2.C4H8O2/c1-2-3-4-5-6(7)8;1-2-3-4(5)6/h6H,2-5H2,1H3;2-3H2,1H3,(H,5,6). The lowest BCUT2D eigenvalue weighted by molar-refractivity contribution is -0.137. The molecule has 0 aliphatic carbocycles. The fourth-order valence-electron chi connectivity index (χ4n) is 0.763. The van der Waals surface area contributed by atoms with E-state index in [0.29, 0.717) is 6.42 Å². The van der Waals surface area contributed by atoms with E-state index < -0.39 is 5.97 Å². The maximum absolute atomic E-state index is 9.60. The summed E-state index contributed by atoms with van der Waals surface area (Å²) in [7, 11) is 0. The van der Waals surface area contributed by atoms with Crippen molar-refractivity contribution < 1.29 is 9.90 Å². The Balaban J connectivity index is 0. The van der Waals surface area contributed by atoms with Gasteiger partial charge in [0, 0.05) is 6.42 Å². The summed E-state index contributed by atoms with van der Waals surface area (Å²) in [5.74, 6) is -0.711. The number of alkyl halides is 2. The van der Waals surface area contributed by atoms with E-state index in [0.717, 1.165) is 19.3 Å². The molecular weight excluding hydrogens is 223 g/mol. The SMILES string of the molecule is CCCC(=O)O.CCCCCC(Cl)Cl. The van der Waals surface area contributed by atoms with E-state index in [4.69, 9.17) is 28.3 Å². The Kier molecular flexibility index (Phi) is 15.4. The molecular formula is C10H20Cl2O2. The van der Waals surface area contributed by atoms with Crippen LogP contribution in [0.2, 0.25) is 0 Å². The van der Waals surface area contributed by atoms with Gasteiger partial charge in [-0.15, -0.1) is 23.2 Å². The van der Waals surface area contributed by atoms with Gasteiger partial charge in [-0.3, -0.25) is 4.79 Å². The minimum absolute atomic E-state index is 0.151. The number of hydrogen-bond acceptors (Lipinski definition) is 1. The quantitative estimate of drug-likeness (QED) is 0.559. The fourth-order valence-corrected chi connectivity index (χ4v) is 1.07. The van der Waals surface area contributed by atoms with E-state index in [-0.39, 0.29) is 4.84 Å². The molecule has 0 bridgehead atoms. The van der Waals surface area contributed by atoms with Crippen molar-refractivity contribution in [2.24, 2.45) is 0 Å². The first kappa shape index (κ1) is 16.5. The normalized spacial score (nSPS) is 9.50. The molecule has 0 unspecified atom stereocenters. The van der Waals surface area contributed by atoms with Gasteiger partial charge in [-0.25, -0.2) is 0 Å². The highest BCUT2D eigenvalue weighted by Crippen LogP contribution is 2.11. The molecule has 0 aliphatic heterocycles. The Bertz CT molecular complexity index is 127. The van der Waals surface area contributed by atoms with Crippen molar-refractivity contribution in [3.8, 4) is 0 Å². The number of halogens is 2. The van der Waals surface area contributed by atoms with Gasteiger partial charge < -0.3 is 5.11 Å². The molecule has 0 spiro atoms. The lowest BCUT2D eigenvalue weighted by atomic mass is 10.2. The summed E-state index contributed by atoms with van der Waals surface area (Å²) < 4.78 is 0. The number of carboxylic acids is 1. The Morgan fingerprint density at radius 3 is 2.00 bits per heavy atom. The molecule has 0 aromatic carbocycles. The zero-order valence-electron chi connectivity index (χ0n) is 8.93. The van der Waals surface area contributed by atoms with Gasteiger partial charge in [-0.1, -0.05) is 33.1 Å². The number of hydrogen-bond donors (Lipinski definition) is 1. The van der Waals surface area contributed by atoms with Gasteiger partial charge in [0.25, 0.3) is 0 Å². The monoisotopic (exact) mass is 242 g/mol. The predicted molar refractivity (Wildman–Crippen MR) is 62.2 cm³/mol. The van der Waals surface area contributed by atoms with E-state index >= 15 is 0 Å². The van der Waals surface area contributed by atoms with Gasteiger partial charge >= 0.3 is 5.97 Å². The summed E-state index contributed by atoms with van der Waals surface area (Å²) in [6.07, 6.45) is 5.61. The second kappa shape index (κ2) is 13.1. The molecule has 0 aliphatic rings. The van der Waals surface area contributed by atoms with Crippen LogP contribution in [0, 0.1) is 0 Å². The largest absolute Gasteiger partial charge is 0.481 e. The van der Waals surface area contributed by atoms with Crippen molar-refractivity contribution in [1.82, 2.24) is 0 Å². The van der Waals surface area contributed by atoms with Crippen LogP contribution in [-0.4, -0.2) is 15.9 Å². The van der Waals surface area contributed by atoms with Crippen LogP contribution in [0.15, 0.2) is 0 Å². The minimum Gasteiger partial charge on any atom is -0.481 e. The van der Waals surface area contributed by atoms with Crippen LogP contribution in [0.1, 0.15) is 52.4 Å². The van der Waals surface area contributed by atoms with E-state index in [9.17, 15) is 4.79 Å². The number of aliphatic carboxylic acids is 1. The smallest absolute Gasteiger partial charge is 0.303 e. The molecule has 2 nitrogen and oxygen atoms in total. The molecule has 0 fully saturated rings. The minimum atomic E-state index is -0.711. The van der Waals surface area contributed by atoms with Gasteiger partial charge in [0.15, 0.2) is 0 Å². The fraction of sp³-hybridized carbons (Fsp3) is 0.900. The Morgan fingerprint density at radius 2 is 1.79 bits per heavy atom. The van der Waals surface area contributed by atoms with Crippen LogP contribution in [0.25, 0.3) is 0 Å². The highest BCUT2D eigenvalue weighted by atomic mass is 35.5. The van der Waals surface area contributed by atoms with Crippen LogP contribution in [-0.2, 0) is 4.79 Å². The van der Waals surface area contributed by atoms with Crippen LogP contribution in [0.5, 0.6) is 0 Å². The Labute approximate surface area is 96.6 Å². The molecule has 14 heavy (non-hydrogen) atoms. The molecule has 0 amide bonds. The zero-order valence-corrected chi connectivity index (χ0v) is 10.4. The third-order valence-electron chi connectivity index (χ3n) is 1.49. The van der Waals surface area contributed by atoms with E-state index in [1.807, 2.05) is 6.92 Å². The summed E-state index contributed by atoms with van der Waals surface area (Å²) in [5, 5.41) is 7.91.